The molecule has 0 saturated carbocycles. The highest BCUT2D eigenvalue weighted by molar-refractivity contribution is 5.95. The van der Waals surface area contributed by atoms with Crippen molar-refractivity contribution >= 4 is 5.91 Å². The Morgan fingerprint density at radius 3 is 2.58 bits per heavy atom. The van der Waals surface area contributed by atoms with Crippen LogP contribution < -0.4 is 10.1 Å². The number of aromatic amines is 1. The number of hydrogen-bond donors (Lipinski definition) is 2. The van der Waals surface area contributed by atoms with Crippen molar-refractivity contribution in [2.24, 2.45) is 0 Å². The molecule has 1 aromatic heterocycles. The molecule has 1 heterocycles. The predicted molar refractivity (Wildman–Crippen MR) is 92.8 cm³/mol. The third-order valence-corrected chi connectivity index (χ3v) is 4.05. The number of ether oxygens (including phenoxy) is 1. The molecule has 0 saturated heterocycles. The quantitative estimate of drug-likeness (QED) is 0.729. The minimum atomic E-state index is -0.830. The normalized spacial score (nSPS) is 11.8. The van der Waals surface area contributed by atoms with E-state index in [1.807, 2.05) is 0 Å². The SMILES string of the molecule is COc1cc(C(=O)N[C@H](C)c2c(F)cccc2F)ccc1-c1cn[nH]c1. The van der Waals surface area contributed by atoms with Gasteiger partial charge < -0.3 is 10.1 Å². The molecule has 2 aromatic carbocycles. The van der Waals surface area contributed by atoms with Crippen LogP contribution in [0.25, 0.3) is 11.1 Å². The van der Waals surface area contributed by atoms with Gasteiger partial charge in [0.25, 0.3) is 5.91 Å². The smallest absolute Gasteiger partial charge is 0.251 e. The molecule has 1 amide bonds. The minimum absolute atomic E-state index is 0.178. The molecule has 0 aliphatic heterocycles. The summed E-state index contributed by atoms with van der Waals surface area (Å²) in [6.07, 6.45) is 3.35. The Bertz CT molecular complexity index is 906. The van der Waals surface area contributed by atoms with E-state index in [0.717, 1.165) is 23.3 Å². The Kier molecular flexibility index (Phi) is 4.97. The first-order valence-electron chi connectivity index (χ1n) is 7.93. The number of carbonyl (C=O) groups is 1. The third kappa shape index (κ3) is 3.42. The van der Waals surface area contributed by atoms with E-state index in [-0.39, 0.29) is 5.56 Å². The van der Waals surface area contributed by atoms with Gasteiger partial charge in [-0.05, 0) is 37.3 Å². The van der Waals surface area contributed by atoms with Crippen molar-refractivity contribution in [2.45, 2.75) is 13.0 Å². The molecule has 0 fully saturated rings. The maximum atomic E-state index is 13.9. The predicted octanol–water partition coefficient (Wildman–Crippen LogP) is 3.85. The molecular formula is C19H17F2N3O2. The molecule has 7 heteroatoms. The van der Waals surface area contributed by atoms with Crippen LogP contribution in [0, 0.1) is 11.6 Å². The average molecular weight is 357 g/mol. The molecule has 1 atom stereocenters. The van der Waals surface area contributed by atoms with Crippen molar-refractivity contribution in [2.75, 3.05) is 7.11 Å². The molecule has 3 aromatic rings. The van der Waals surface area contributed by atoms with E-state index >= 15 is 0 Å². The zero-order valence-corrected chi connectivity index (χ0v) is 14.2. The van der Waals surface area contributed by atoms with E-state index in [9.17, 15) is 13.6 Å². The molecule has 0 radical (unpaired) electrons. The molecule has 5 nitrogen and oxygen atoms in total. The molecule has 0 aliphatic carbocycles. The van der Waals surface area contributed by atoms with E-state index < -0.39 is 23.6 Å². The fourth-order valence-electron chi connectivity index (χ4n) is 2.75. The fourth-order valence-corrected chi connectivity index (χ4v) is 2.75. The summed E-state index contributed by atoms with van der Waals surface area (Å²) in [7, 11) is 1.50. The van der Waals surface area contributed by atoms with Gasteiger partial charge in [0.1, 0.15) is 17.4 Å². The van der Waals surface area contributed by atoms with E-state index in [2.05, 4.69) is 15.5 Å². The number of carbonyl (C=O) groups excluding carboxylic acids is 1. The maximum absolute atomic E-state index is 13.9. The Morgan fingerprint density at radius 1 is 1.23 bits per heavy atom. The molecule has 26 heavy (non-hydrogen) atoms. The highest BCUT2D eigenvalue weighted by Gasteiger charge is 2.19. The Hall–Kier alpha value is -3.22. The van der Waals surface area contributed by atoms with Crippen LogP contribution in [0.4, 0.5) is 8.78 Å². The van der Waals surface area contributed by atoms with Crippen LogP contribution in [0.3, 0.4) is 0 Å². The summed E-state index contributed by atoms with van der Waals surface area (Å²) in [4.78, 5) is 12.5. The molecule has 134 valence electrons. The highest BCUT2D eigenvalue weighted by atomic mass is 19.1. The number of methoxy groups -OCH3 is 1. The number of hydrogen-bond acceptors (Lipinski definition) is 3. The first-order chi connectivity index (χ1) is 12.5. The van der Waals surface area contributed by atoms with Crippen LogP contribution in [-0.2, 0) is 0 Å². The van der Waals surface area contributed by atoms with Crippen LogP contribution in [0.15, 0.2) is 48.8 Å². The van der Waals surface area contributed by atoms with Crippen molar-refractivity contribution in [3.8, 4) is 16.9 Å². The maximum Gasteiger partial charge on any atom is 0.251 e. The van der Waals surface area contributed by atoms with E-state index in [1.54, 1.807) is 30.6 Å². The fraction of sp³-hybridized carbons (Fsp3) is 0.158. The lowest BCUT2D eigenvalue weighted by Gasteiger charge is -2.16. The lowest BCUT2D eigenvalue weighted by molar-refractivity contribution is 0.0938. The Labute approximate surface area is 149 Å². The van der Waals surface area contributed by atoms with Crippen LogP contribution >= 0.6 is 0 Å². The van der Waals surface area contributed by atoms with Crippen LogP contribution in [0.5, 0.6) is 5.75 Å². The number of nitrogens with one attached hydrogen (secondary N) is 2. The van der Waals surface area contributed by atoms with E-state index in [1.165, 1.54) is 20.1 Å². The van der Waals surface area contributed by atoms with Crippen molar-refractivity contribution in [1.82, 2.24) is 15.5 Å². The van der Waals surface area contributed by atoms with Crippen molar-refractivity contribution in [3.05, 3.63) is 71.6 Å². The summed E-state index contributed by atoms with van der Waals surface area (Å²) in [5, 5.41) is 9.21. The molecule has 0 bridgehead atoms. The summed E-state index contributed by atoms with van der Waals surface area (Å²) in [6.45, 7) is 1.52. The van der Waals surface area contributed by atoms with Crippen LogP contribution in [0.1, 0.15) is 28.9 Å². The summed E-state index contributed by atoms with van der Waals surface area (Å²) in [5.74, 6) is -1.38. The van der Waals surface area contributed by atoms with Gasteiger partial charge in [-0.2, -0.15) is 5.10 Å². The molecule has 3 rings (SSSR count). The second kappa shape index (κ2) is 7.35. The topological polar surface area (TPSA) is 67.0 Å². The number of rotatable bonds is 5. The zero-order valence-electron chi connectivity index (χ0n) is 14.2. The van der Waals surface area contributed by atoms with Gasteiger partial charge in [-0.3, -0.25) is 9.89 Å². The number of benzene rings is 2. The second-order valence-electron chi connectivity index (χ2n) is 5.73. The van der Waals surface area contributed by atoms with Crippen LogP contribution in [0.2, 0.25) is 0 Å². The number of H-pyrrole nitrogens is 1. The first-order valence-corrected chi connectivity index (χ1v) is 7.93. The average Bonchev–Trinajstić information content (AvgIpc) is 3.15. The van der Waals surface area contributed by atoms with Gasteiger partial charge in [0.15, 0.2) is 0 Å². The standard InChI is InChI=1S/C19H17F2N3O2/c1-11(18-15(20)4-3-5-16(18)21)24-19(25)12-6-7-14(17(8-12)26-2)13-9-22-23-10-13/h3-11H,1-2H3,(H,22,23)(H,24,25)/t11-/m1/s1. The van der Waals surface area contributed by atoms with Crippen molar-refractivity contribution in [1.29, 1.82) is 0 Å². The second-order valence-corrected chi connectivity index (χ2v) is 5.73. The van der Waals surface area contributed by atoms with Gasteiger partial charge in [0.2, 0.25) is 0 Å². The van der Waals surface area contributed by atoms with Gasteiger partial charge in [0.05, 0.1) is 19.3 Å². The van der Waals surface area contributed by atoms with Gasteiger partial charge in [-0.15, -0.1) is 0 Å². The Morgan fingerprint density at radius 2 is 1.96 bits per heavy atom. The van der Waals surface area contributed by atoms with Gasteiger partial charge in [-0.25, -0.2) is 8.78 Å². The summed E-state index contributed by atoms with van der Waals surface area (Å²) in [6, 6.07) is 7.68. The van der Waals surface area contributed by atoms with Crippen molar-refractivity contribution in [3.63, 3.8) is 0 Å². The molecule has 0 spiro atoms. The van der Waals surface area contributed by atoms with Gasteiger partial charge in [-0.1, -0.05) is 6.07 Å². The highest BCUT2D eigenvalue weighted by Crippen LogP contribution is 2.30. The molecule has 0 unspecified atom stereocenters. The Balaban J connectivity index is 1.84. The zero-order chi connectivity index (χ0) is 18.7. The monoisotopic (exact) mass is 357 g/mol. The number of amides is 1. The largest absolute Gasteiger partial charge is 0.496 e. The van der Waals surface area contributed by atoms with Gasteiger partial charge in [0, 0.05) is 28.5 Å². The van der Waals surface area contributed by atoms with Crippen molar-refractivity contribution < 1.29 is 18.3 Å². The van der Waals surface area contributed by atoms with Gasteiger partial charge >= 0.3 is 0 Å². The molecule has 0 aliphatic rings. The number of aromatic nitrogens is 2. The lowest BCUT2D eigenvalue weighted by Crippen LogP contribution is -2.28. The summed E-state index contributed by atoms with van der Waals surface area (Å²) in [5.41, 5.74) is 1.72. The summed E-state index contributed by atoms with van der Waals surface area (Å²) < 4.78 is 33.1. The summed E-state index contributed by atoms with van der Waals surface area (Å²) >= 11 is 0. The third-order valence-electron chi connectivity index (χ3n) is 4.05. The number of nitrogens with zero attached hydrogens (tertiary/aromatic N) is 1. The van der Waals surface area contributed by atoms with Crippen LogP contribution in [-0.4, -0.2) is 23.2 Å². The van der Waals surface area contributed by atoms with E-state index in [0.29, 0.717) is 11.3 Å². The minimum Gasteiger partial charge on any atom is -0.496 e. The molecule has 2 N–H and O–H groups in total. The first kappa shape index (κ1) is 17.6. The van der Waals surface area contributed by atoms with E-state index in [4.69, 9.17) is 4.74 Å². The number of halogens is 2. The molecular weight excluding hydrogens is 340 g/mol. The lowest BCUT2D eigenvalue weighted by atomic mass is 10.0.